The van der Waals surface area contributed by atoms with Gasteiger partial charge in [-0.1, -0.05) is 103 Å². The molecular formula is C37H34N2O5S. The molecule has 228 valence electrons. The minimum atomic E-state index is -0.600. The first-order valence-electron chi connectivity index (χ1n) is 14.9. The SMILES string of the molecule is O=C(NCc1ccccc1-c1ccc([C@H]2O[C@@H](CSc3cccc[n+]3[O-])C[C@@H](c3ccc(CO)cc3)O2)cc1)c1ccccc1. The molecule has 1 aliphatic rings. The third-order valence-electron chi connectivity index (χ3n) is 7.81. The monoisotopic (exact) mass is 618 g/mol. The Hall–Kier alpha value is -4.47. The van der Waals surface area contributed by atoms with Crippen molar-refractivity contribution in [2.45, 2.75) is 43.1 Å². The first-order chi connectivity index (χ1) is 22.1. The van der Waals surface area contributed by atoms with E-state index in [1.165, 1.54) is 18.0 Å². The average molecular weight is 619 g/mol. The molecule has 0 saturated carbocycles. The van der Waals surface area contributed by atoms with Crippen LogP contribution in [0.5, 0.6) is 0 Å². The Balaban J connectivity index is 1.19. The number of aromatic nitrogens is 1. The van der Waals surface area contributed by atoms with Crippen LogP contribution in [0.3, 0.4) is 0 Å². The van der Waals surface area contributed by atoms with Gasteiger partial charge in [0.2, 0.25) is 0 Å². The standard InChI is InChI=1S/C37H34N2O5S/c40-24-26-13-15-28(16-14-26)34-22-32(25-45-35-12-6-7-21-39(35)42)43-37(44-34)30-19-17-27(18-20-30)33-11-5-4-10-31(33)23-38-36(41)29-8-2-1-3-9-29/h1-21,32,34,37,40H,22-25H2,(H,38,41)/t32-,34+,37+/m1/s1. The van der Waals surface area contributed by atoms with E-state index in [0.29, 0.717) is 29.3 Å². The molecule has 4 aromatic carbocycles. The van der Waals surface area contributed by atoms with Crippen LogP contribution in [0.25, 0.3) is 11.1 Å². The fourth-order valence-corrected chi connectivity index (χ4v) is 6.30. The van der Waals surface area contributed by atoms with Crippen molar-refractivity contribution in [3.8, 4) is 11.1 Å². The number of thioether (sulfide) groups is 1. The van der Waals surface area contributed by atoms with Gasteiger partial charge in [-0.3, -0.25) is 4.79 Å². The number of pyridine rings is 1. The number of aliphatic hydroxyl groups is 1. The predicted molar refractivity (Wildman–Crippen MR) is 174 cm³/mol. The number of nitrogens with zero attached hydrogens (tertiary/aromatic N) is 1. The van der Waals surface area contributed by atoms with Crippen LogP contribution in [0, 0.1) is 5.21 Å². The lowest BCUT2D eigenvalue weighted by molar-refractivity contribution is -0.645. The summed E-state index contributed by atoms with van der Waals surface area (Å²) in [6.07, 6.45) is 1.15. The van der Waals surface area contributed by atoms with Gasteiger partial charge in [0.1, 0.15) is 0 Å². The predicted octanol–water partition coefficient (Wildman–Crippen LogP) is 6.75. The summed E-state index contributed by atoms with van der Waals surface area (Å²) in [5.74, 6) is 0.482. The number of rotatable bonds is 10. The summed E-state index contributed by atoms with van der Waals surface area (Å²) in [4.78, 5) is 12.6. The highest BCUT2D eigenvalue weighted by molar-refractivity contribution is 7.99. The first kappa shape index (κ1) is 30.6. The molecule has 7 nitrogen and oxygen atoms in total. The van der Waals surface area contributed by atoms with Gasteiger partial charge in [0.25, 0.3) is 10.9 Å². The second-order valence-corrected chi connectivity index (χ2v) is 11.9. The molecule has 2 N–H and O–H groups in total. The third kappa shape index (κ3) is 7.61. The van der Waals surface area contributed by atoms with Crippen molar-refractivity contribution in [3.63, 3.8) is 0 Å². The van der Waals surface area contributed by atoms with Crippen LogP contribution in [-0.2, 0) is 22.6 Å². The zero-order chi connectivity index (χ0) is 31.0. The average Bonchev–Trinajstić information content (AvgIpc) is 3.11. The molecule has 0 bridgehead atoms. The maximum atomic E-state index is 12.6. The molecule has 2 heterocycles. The van der Waals surface area contributed by atoms with E-state index in [1.807, 2.05) is 97.1 Å². The van der Waals surface area contributed by atoms with Crippen molar-refractivity contribution >= 4 is 17.7 Å². The van der Waals surface area contributed by atoms with Crippen molar-refractivity contribution < 1.29 is 24.1 Å². The Morgan fingerprint density at radius 1 is 0.844 bits per heavy atom. The van der Waals surface area contributed by atoms with Gasteiger partial charge in [0, 0.05) is 42.0 Å². The van der Waals surface area contributed by atoms with Crippen LogP contribution in [0.2, 0.25) is 0 Å². The molecule has 1 aliphatic heterocycles. The molecule has 0 spiro atoms. The third-order valence-corrected chi connectivity index (χ3v) is 8.96. The Kier molecular flexibility index (Phi) is 9.87. The highest BCUT2D eigenvalue weighted by Crippen LogP contribution is 2.39. The summed E-state index contributed by atoms with van der Waals surface area (Å²) < 4.78 is 13.8. The number of hydrogen-bond acceptors (Lipinski definition) is 6. The summed E-state index contributed by atoms with van der Waals surface area (Å²) in [6.45, 7) is 0.388. The van der Waals surface area contributed by atoms with E-state index in [4.69, 9.17) is 9.47 Å². The van der Waals surface area contributed by atoms with E-state index in [1.54, 1.807) is 18.2 Å². The molecule has 6 rings (SSSR count). The maximum Gasteiger partial charge on any atom is 0.251 e. The summed E-state index contributed by atoms with van der Waals surface area (Å²) in [7, 11) is 0. The molecule has 8 heteroatoms. The van der Waals surface area contributed by atoms with E-state index in [2.05, 4.69) is 11.4 Å². The van der Waals surface area contributed by atoms with Crippen LogP contribution in [0.15, 0.2) is 133 Å². The molecule has 1 amide bonds. The molecule has 45 heavy (non-hydrogen) atoms. The van der Waals surface area contributed by atoms with Gasteiger partial charge >= 0.3 is 0 Å². The number of aliphatic hydroxyl groups excluding tert-OH is 1. The lowest BCUT2D eigenvalue weighted by atomic mass is 9.97. The Morgan fingerprint density at radius 3 is 2.31 bits per heavy atom. The lowest BCUT2D eigenvalue weighted by Crippen LogP contribution is -2.32. The Labute approximate surface area is 267 Å². The van der Waals surface area contributed by atoms with Crippen molar-refractivity contribution in [2.75, 3.05) is 5.75 Å². The summed E-state index contributed by atoms with van der Waals surface area (Å²) >= 11 is 1.47. The van der Waals surface area contributed by atoms with E-state index >= 15 is 0 Å². The van der Waals surface area contributed by atoms with Crippen LogP contribution >= 0.6 is 11.8 Å². The number of amides is 1. The molecular weight excluding hydrogens is 584 g/mol. The molecule has 3 atom stereocenters. The summed E-state index contributed by atoms with van der Waals surface area (Å²) in [5, 5.41) is 25.4. The molecule has 0 unspecified atom stereocenters. The fourth-order valence-electron chi connectivity index (χ4n) is 5.37. The number of nitrogens with one attached hydrogen (secondary N) is 1. The first-order valence-corrected chi connectivity index (χ1v) is 15.9. The molecule has 0 aliphatic carbocycles. The highest BCUT2D eigenvalue weighted by Gasteiger charge is 2.32. The van der Waals surface area contributed by atoms with E-state index in [-0.39, 0.29) is 24.7 Å². The van der Waals surface area contributed by atoms with Gasteiger partial charge in [-0.2, -0.15) is 4.73 Å². The van der Waals surface area contributed by atoms with Crippen LogP contribution in [0.4, 0.5) is 0 Å². The fraction of sp³-hybridized carbons (Fsp3) is 0.189. The summed E-state index contributed by atoms with van der Waals surface area (Å²) in [5.41, 5.74) is 6.44. The second kappa shape index (κ2) is 14.5. The van der Waals surface area contributed by atoms with Crippen molar-refractivity contribution in [3.05, 3.63) is 161 Å². The number of carbonyl (C=O) groups is 1. The van der Waals surface area contributed by atoms with Crippen molar-refractivity contribution in [1.82, 2.24) is 5.32 Å². The highest BCUT2D eigenvalue weighted by atomic mass is 32.2. The zero-order valence-electron chi connectivity index (χ0n) is 24.6. The van der Waals surface area contributed by atoms with E-state index in [9.17, 15) is 15.1 Å². The van der Waals surface area contributed by atoms with Crippen molar-refractivity contribution in [1.29, 1.82) is 0 Å². The molecule has 1 fully saturated rings. The van der Waals surface area contributed by atoms with E-state index in [0.717, 1.165) is 38.1 Å². The van der Waals surface area contributed by atoms with Gasteiger partial charge < -0.3 is 25.1 Å². The van der Waals surface area contributed by atoms with Crippen LogP contribution < -0.4 is 10.0 Å². The van der Waals surface area contributed by atoms with E-state index < -0.39 is 6.29 Å². The topological polar surface area (TPSA) is 94.7 Å². The summed E-state index contributed by atoms with van der Waals surface area (Å²) in [6, 6.07) is 38.5. The molecule has 1 aromatic heterocycles. The van der Waals surface area contributed by atoms with Crippen molar-refractivity contribution in [2.24, 2.45) is 0 Å². The molecule has 0 radical (unpaired) electrons. The molecule has 1 saturated heterocycles. The Bertz CT molecular complexity index is 1710. The van der Waals surface area contributed by atoms with Crippen LogP contribution in [0.1, 0.15) is 51.4 Å². The van der Waals surface area contributed by atoms with Crippen LogP contribution in [-0.4, -0.2) is 22.9 Å². The normalized spacial score (nSPS) is 17.9. The van der Waals surface area contributed by atoms with Gasteiger partial charge in [0.15, 0.2) is 12.5 Å². The smallest absolute Gasteiger partial charge is 0.251 e. The number of carbonyl (C=O) groups excluding carboxylic acids is 1. The second-order valence-electron chi connectivity index (χ2n) is 10.9. The van der Waals surface area contributed by atoms with Gasteiger partial charge in [-0.25, -0.2) is 0 Å². The maximum absolute atomic E-state index is 12.6. The quantitative estimate of drug-likeness (QED) is 0.102. The minimum absolute atomic E-state index is 0.0159. The largest absolute Gasteiger partial charge is 0.618 e. The Morgan fingerprint density at radius 2 is 1.56 bits per heavy atom. The zero-order valence-corrected chi connectivity index (χ0v) is 25.4. The lowest BCUT2D eigenvalue weighted by Gasteiger charge is -2.36. The van der Waals surface area contributed by atoms with Gasteiger partial charge in [-0.05, 0) is 46.0 Å². The number of ether oxygens (including phenoxy) is 2. The number of benzene rings is 4. The van der Waals surface area contributed by atoms with Gasteiger partial charge in [0.05, 0.1) is 18.8 Å². The number of hydrogen-bond donors (Lipinski definition) is 2. The molecule has 5 aromatic rings. The van der Waals surface area contributed by atoms with Gasteiger partial charge in [-0.15, -0.1) is 0 Å². The minimum Gasteiger partial charge on any atom is -0.618 e.